The number of pyridine rings is 2. The van der Waals surface area contributed by atoms with E-state index in [0.717, 1.165) is 42.6 Å². The van der Waals surface area contributed by atoms with Crippen LogP contribution < -0.4 is 16.4 Å². The van der Waals surface area contributed by atoms with Crippen molar-refractivity contribution in [1.29, 1.82) is 0 Å². The van der Waals surface area contributed by atoms with Crippen molar-refractivity contribution in [2.45, 2.75) is 52.1 Å². The fraction of sp³-hybridized carbons (Fsp3) is 0.424. The largest absolute Gasteiger partial charge is 0.392 e. The van der Waals surface area contributed by atoms with Gasteiger partial charge in [-0.1, -0.05) is 20.8 Å². The molecule has 2 N–H and O–H groups in total. The van der Waals surface area contributed by atoms with Crippen LogP contribution in [0.25, 0.3) is 27.7 Å². The molecule has 0 bridgehead atoms. The average Bonchev–Trinajstić information content (AvgIpc) is 3.69. The Hall–Kier alpha value is -4.22. The number of carbonyl (C=O) groups is 1. The maximum Gasteiger partial charge on any atom is 0.283 e. The van der Waals surface area contributed by atoms with Crippen molar-refractivity contribution in [3.63, 3.8) is 0 Å². The van der Waals surface area contributed by atoms with Crippen LogP contribution in [0.3, 0.4) is 0 Å². The molecule has 1 saturated heterocycles. The smallest absolute Gasteiger partial charge is 0.283 e. The van der Waals surface area contributed by atoms with Gasteiger partial charge in [0.05, 0.1) is 18.2 Å². The summed E-state index contributed by atoms with van der Waals surface area (Å²) in [5, 5.41) is 17.9. The van der Waals surface area contributed by atoms with Crippen molar-refractivity contribution >= 4 is 22.4 Å². The number of fused-ring (bicyclic) bond motifs is 1. The highest BCUT2D eigenvalue weighted by Crippen LogP contribution is 2.59. The van der Waals surface area contributed by atoms with Crippen LogP contribution in [-0.4, -0.2) is 55.4 Å². The summed E-state index contributed by atoms with van der Waals surface area (Å²) < 4.78 is 17.7. The summed E-state index contributed by atoms with van der Waals surface area (Å²) in [6.45, 7) is 7.27. The first-order valence-electron chi connectivity index (χ1n) is 14.8. The molecule has 4 heterocycles. The quantitative estimate of drug-likeness (QED) is 0.358. The van der Waals surface area contributed by atoms with Crippen LogP contribution in [0.1, 0.15) is 51.2 Å². The molecule has 0 radical (unpaired) electrons. The molecule has 2 fully saturated rings. The van der Waals surface area contributed by atoms with Crippen LogP contribution in [0.5, 0.6) is 0 Å². The lowest BCUT2D eigenvalue weighted by Gasteiger charge is -2.29. The molecule has 1 saturated carbocycles. The Balaban J connectivity index is 1.37. The Morgan fingerprint density at radius 1 is 1.14 bits per heavy atom. The normalized spacial score (nSPS) is 18.1. The molecule has 10 nitrogen and oxygen atoms in total. The molecule has 1 atom stereocenters. The predicted octanol–water partition coefficient (Wildman–Crippen LogP) is 3.75. The highest BCUT2D eigenvalue weighted by atomic mass is 19.1. The van der Waals surface area contributed by atoms with Gasteiger partial charge in [0.25, 0.3) is 11.1 Å². The van der Waals surface area contributed by atoms with Crippen LogP contribution in [0.15, 0.2) is 52.4 Å². The lowest BCUT2D eigenvalue weighted by Crippen LogP contribution is -2.34. The summed E-state index contributed by atoms with van der Waals surface area (Å²) in [6.07, 6.45) is 7.21. The van der Waals surface area contributed by atoms with Crippen LogP contribution in [0.4, 0.5) is 10.1 Å². The number of aliphatic hydroxyl groups is 1. The van der Waals surface area contributed by atoms with E-state index in [1.54, 1.807) is 31.4 Å². The highest BCUT2D eigenvalue weighted by molar-refractivity contribution is 5.95. The standard InChI is InChI=1S/C33H37FN6O4/c1-32(2,3)21-12-19-16-36-40(31(44)27(19)25(34)14-21)28-23(18-41)22(6-9-35-28)20-13-26(30(43)39(5)17-20)37-29(42)24-15-33(24)7-10-38(4)11-8-33/h6,9,12-14,16-17,24,41H,7-8,10-11,15,18H2,1-5H3,(H,37,42)/t24-/m1/s1. The van der Waals surface area contributed by atoms with E-state index < -0.39 is 18.0 Å². The van der Waals surface area contributed by atoms with Gasteiger partial charge in [-0.3, -0.25) is 14.4 Å². The van der Waals surface area contributed by atoms with E-state index >= 15 is 4.39 Å². The second-order valence-corrected chi connectivity index (χ2v) is 13.3. The minimum absolute atomic E-state index is 0.0113. The second kappa shape index (κ2) is 10.7. The minimum atomic E-state index is -0.708. The van der Waals surface area contributed by atoms with E-state index in [0.29, 0.717) is 16.5 Å². The molecule has 6 rings (SSSR count). The molecule has 11 heteroatoms. The van der Waals surface area contributed by atoms with Crippen LogP contribution in [0.2, 0.25) is 0 Å². The summed E-state index contributed by atoms with van der Waals surface area (Å²) in [5.41, 5.74) is 0.745. The fourth-order valence-electron chi connectivity index (χ4n) is 6.41. The number of hydrogen-bond donors (Lipinski definition) is 2. The molecule has 1 aromatic carbocycles. The Morgan fingerprint density at radius 2 is 1.86 bits per heavy atom. The molecule has 1 aliphatic carbocycles. The van der Waals surface area contributed by atoms with Gasteiger partial charge in [-0.2, -0.15) is 9.78 Å². The molecule has 3 aromatic heterocycles. The maximum atomic E-state index is 15.3. The summed E-state index contributed by atoms with van der Waals surface area (Å²) in [4.78, 5) is 46.5. The number of rotatable bonds is 5. The van der Waals surface area contributed by atoms with Crippen LogP contribution >= 0.6 is 0 Å². The third-order valence-corrected chi connectivity index (χ3v) is 9.34. The first-order valence-corrected chi connectivity index (χ1v) is 14.8. The van der Waals surface area contributed by atoms with E-state index in [2.05, 4.69) is 27.3 Å². The molecule has 1 spiro atoms. The molecule has 1 aliphatic heterocycles. The zero-order valence-electron chi connectivity index (χ0n) is 25.6. The van der Waals surface area contributed by atoms with Gasteiger partial charge in [0.2, 0.25) is 5.91 Å². The highest BCUT2D eigenvalue weighted by Gasteiger charge is 2.58. The molecule has 44 heavy (non-hydrogen) atoms. The van der Waals surface area contributed by atoms with E-state index in [9.17, 15) is 19.5 Å². The number of aromatic nitrogens is 4. The summed E-state index contributed by atoms with van der Waals surface area (Å²) in [7, 11) is 3.67. The molecular weight excluding hydrogens is 563 g/mol. The van der Waals surface area contributed by atoms with Crippen molar-refractivity contribution in [3.05, 3.63) is 80.5 Å². The maximum absolute atomic E-state index is 15.3. The van der Waals surface area contributed by atoms with Gasteiger partial charge in [-0.05, 0) is 85.6 Å². The van der Waals surface area contributed by atoms with Gasteiger partial charge in [0, 0.05) is 41.9 Å². The SMILES string of the molecule is CN1CCC2(CC1)C[C@@H]2C(=O)Nc1cc(-c2ccnc(-n3ncc4cc(C(C)(C)C)cc(F)c4c3=O)c2CO)cn(C)c1=O. The second-order valence-electron chi connectivity index (χ2n) is 13.3. The van der Waals surface area contributed by atoms with Crippen molar-refractivity contribution in [3.8, 4) is 16.9 Å². The topological polar surface area (TPSA) is 122 Å². The number of benzene rings is 1. The Morgan fingerprint density at radius 3 is 2.55 bits per heavy atom. The number of anilines is 1. The van der Waals surface area contributed by atoms with Crippen LogP contribution in [0, 0.1) is 17.2 Å². The number of piperidine rings is 1. The number of nitrogens with one attached hydrogen (secondary N) is 1. The summed E-state index contributed by atoms with van der Waals surface area (Å²) >= 11 is 0. The molecular formula is C33H37FN6O4. The Kier molecular flexibility index (Phi) is 7.28. The molecule has 2 aliphatic rings. The number of likely N-dealkylation sites (tertiary alicyclic amines) is 1. The van der Waals surface area contributed by atoms with Gasteiger partial charge in [0.1, 0.15) is 11.5 Å². The number of aliphatic hydroxyl groups excluding tert-OH is 1. The average molecular weight is 601 g/mol. The minimum Gasteiger partial charge on any atom is -0.392 e. The number of amides is 1. The van der Waals surface area contributed by atoms with Gasteiger partial charge >= 0.3 is 0 Å². The summed E-state index contributed by atoms with van der Waals surface area (Å²) in [5.74, 6) is -0.912. The molecule has 1 amide bonds. The number of nitrogens with zero attached hydrogens (tertiary/aromatic N) is 5. The Labute approximate surface area is 254 Å². The lowest BCUT2D eigenvalue weighted by atomic mass is 9.86. The van der Waals surface area contributed by atoms with Crippen molar-refractivity contribution < 1.29 is 14.3 Å². The van der Waals surface area contributed by atoms with Crippen molar-refractivity contribution in [2.75, 3.05) is 25.5 Å². The number of halogens is 1. The number of carbonyl (C=O) groups excluding carboxylic acids is 1. The number of aryl methyl sites for hydroxylation is 1. The van der Waals surface area contributed by atoms with E-state index in [4.69, 9.17) is 0 Å². The monoisotopic (exact) mass is 600 g/mol. The van der Waals surface area contributed by atoms with E-state index in [1.165, 1.54) is 23.0 Å². The van der Waals surface area contributed by atoms with Gasteiger partial charge in [-0.15, -0.1) is 0 Å². The van der Waals surface area contributed by atoms with Crippen molar-refractivity contribution in [1.82, 2.24) is 24.2 Å². The molecule has 0 unspecified atom stereocenters. The fourth-order valence-corrected chi connectivity index (χ4v) is 6.41. The first-order chi connectivity index (χ1) is 20.8. The number of hydrogen-bond acceptors (Lipinski definition) is 7. The van der Waals surface area contributed by atoms with Crippen LogP contribution in [-0.2, 0) is 23.9 Å². The lowest BCUT2D eigenvalue weighted by molar-refractivity contribution is -0.118. The third kappa shape index (κ3) is 5.13. The van der Waals surface area contributed by atoms with E-state index in [-0.39, 0.29) is 50.7 Å². The molecule has 230 valence electrons. The third-order valence-electron chi connectivity index (χ3n) is 9.34. The zero-order chi connectivity index (χ0) is 31.6. The summed E-state index contributed by atoms with van der Waals surface area (Å²) in [6, 6.07) is 6.34. The van der Waals surface area contributed by atoms with Crippen molar-refractivity contribution in [2.24, 2.45) is 18.4 Å². The van der Waals surface area contributed by atoms with Gasteiger partial charge < -0.3 is 19.9 Å². The van der Waals surface area contributed by atoms with Gasteiger partial charge in [0.15, 0.2) is 5.82 Å². The Bertz CT molecular complexity index is 1920. The van der Waals surface area contributed by atoms with Gasteiger partial charge in [-0.25, -0.2) is 9.37 Å². The van der Waals surface area contributed by atoms with E-state index in [1.807, 2.05) is 20.8 Å². The zero-order valence-corrected chi connectivity index (χ0v) is 25.6. The molecule has 4 aromatic rings. The predicted molar refractivity (Wildman–Crippen MR) is 166 cm³/mol. The first kappa shape index (κ1) is 29.8.